The maximum Gasteiger partial charge on any atom is 0.292 e. The van der Waals surface area contributed by atoms with Gasteiger partial charge in [0.1, 0.15) is 5.69 Å². The van der Waals surface area contributed by atoms with Gasteiger partial charge in [0.05, 0.1) is 17.4 Å². The van der Waals surface area contributed by atoms with Crippen LogP contribution in [0.25, 0.3) is 0 Å². The molecule has 0 saturated carbocycles. The number of nitriles is 1. The second kappa shape index (κ2) is 6.35. The molecule has 2 N–H and O–H groups in total. The number of benzene rings is 1. The predicted molar refractivity (Wildman–Crippen MR) is 69.7 cm³/mol. The Kier molecular flexibility index (Phi) is 4.83. The molecule has 100 valence electrons. The summed E-state index contributed by atoms with van der Waals surface area (Å²) in [5, 5.41) is 19.6. The Morgan fingerprint density at radius 1 is 1.58 bits per heavy atom. The van der Waals surface area contributed by atoms with Crippen molar-refractivity contribution >= 4 is 17.3 Å². The first-order valence-electron chi connectivity index (χ1n) is 5.71. The van der Waals surface area contributed by atoms with Crippen molar-refractivity contribution in [3.63, 3.8) is 0 Å². The van der Waals surface area contributed by atoms with E-state index < -0.39 is 10.8 Å². The van der Waals surface area contributed by atoms with E-state index in [1.165, 1.54) is 18.2 Å². The summed E-state index contributed by atoms with van der Waals surface area (Å²) in [6.07, 6.45) is 0.242. The number of nitrogens with two attached hydrogens (primary N) is 1. The first kappa shape index (κ1) is 14.4. The second-order valence-electron chi connectivity index (χ2n) is 3.81. The van der Waals surface area contributed by atoms with Crippen LogP contribution >= 0.6 is 0 Å². The largest absolute Gasteiger partial charge is 0.366 e. The Hall–Kier alpha value is -2.62. The molecule has 1 amide bonds. The number of rotatable bonds is 6. The summed E-state index contributed by atoms with van der Waals surface area (Å²) >= 11 is 0. The van der Waals surface area contributed by atoms with Gasteiger partial charge in [0.25, 0.3) is 5.69 Å². The minimum absolute atomic E-state index is 0.107. The van der Waals surface area contributed by atoms with E-state index in [1.807, 2.05) is 13.0 Å². The fourth-order valence-corrected chi connectivity index (χ4v) is 1.72. The SMILES string of the molecule is CCN(CCC#N)c1cc(C(N)=O)ccc1[N+](=O)[O-]. The van der Waals surface area contributed by atoms with Crippen molar-refractivity contribution in [2.24, 2.45) is 5.73 Å². The Labute approximate surface area is 110 Å². The number of nitro groups is 1. The third-order valence-corrected chi connectivity index (χ3v) is 2.67. The van der Waals surface area contributed by atoms with Gasteiger partial charge in [-0.1, -0.05) is 0 Å². The Morgan fingerprint density at radius 3 is 2.74 bits per heavy atom. The van der Waals surface area contributed by atoms with Crippen LogP contribution in [0.5, 0.6) is 0 Å². The van der Waals surface area contributed by atoms with E-state index >= 15 is 0 Å². The zero-order valence-electron chi connectivity index (χ0n) is 10.5. The lowest BCUT2D eigenvalue weighted by atomic mass is 10.1. The van der Waals surface area contributed by atoms with Gasteiger partial charge < -0.3 is 10.6 Å². The Balaban J connectivity index is 3.26. The van der Waals surface area contributed by atoms with Crippen molar-refractivity contribution in [3.8, 4) is 6.07 Å². The molecule has 0 saturated heterocycles. The van der Waals surface area contributed by atoms with Gasteiger partial charge in [-0.3, -0.25) is 14.9 Å². The Bertz CT molecular complexity index is 536. The first-order chi connectivity index (χ1) is 9.01. The van der Waals surface area contributed by atoms with Crippen molar-refractivity contribution in [2.45, 2.75) is 13.3 Å². The predicted octanol–water partition coefficient (Wildman–Crippen LogP) is 1.43. The highest BCUT2D eigenvalue weighted by Crippen LogP contribution is 2.29. The lowest BCUT2D eigenvalue weighted by molar-refractivity contribution is -0.384. The summed E-state index contributed by atoms with van der Waals surface area (Å²) in [6, 6.07) is 5.95. The van der Waals surface area contributed by atoms with Crippen molar-refractivity contribution in [1.29, 1.82) is 5.26 Å². The van der Waals surface area contributed by atoms with Crippen LogP contribution in [0.15, 0.2) is 18.2 Å². The highest BCUT2D eigenvalue weighted by Gasteiger charge is 2.20. The number of anilines is 1. The molecule has 0 atom stereocenters. The quantitative estimate of drug-likeness (QED) is 0.615. The van der Waals surface area contributed by atoms with E-state index in [9.17, 15) is 14.9 Å². The number of amides is 1. The molecule has 0 aromatic heterocycles. The molecule has 7 heteroatoms. The lowest BCUT2D eigenvalue weighted by Crippen LogP contribution is -2.25. The highest BCUT2D eigenvalue weighted by molar-refractivity contribution is 5.94. The molecule has 0 fully saturated rings. The molecular formula is C12H14N4O3. The minimum Gasteiger partial charge on any atom is -0.366 e. The summed E-state index contributed by atoms with van der Waals surface area (Å²) in [4.78, 5) is 23.3. The Morgan fingerprint density at radius 2 is 2.26 bits per heavy atom. The maximum absolute atomic E-state index is 11.1. The fraction of sp³-hybridized carbons (Fsp3) is 0.333. The summed E-state index contributed by atoms with van der Waals surface area (Å²) < 4.78 is 0. The molecular weight excluding hydrogens is 248 g/mol. The summed E-state index contributed by atoms with van der Waals surface area (Å²) in [5.41, 5.74) is 5.57. The van der Waals surface area contributed by atoms with Gasteiger partial charge in [-0.15, -0.1) is 0 Å². The maximum atomic E-state index is 11.1. The van der Waals surface area contributed by atoms with Crippen molar-refractivity contribution in [1.82, 2.24) is 0 Å². The number of nitrogens with zero attached hydrogens (tertiary/aromatic N) is 3. The summed E-state index contributed by atoms with van der Waals surface area (Å²) in [7, 11) is 0. The average Bonchev–Trinajstić information content (AvgIpc) is 2.39. The van der Waals surface area contributed by atoms with Gasteiger partial charge in [-0.05, 0) is 19.1 Å². The normalized spacial score (nSPS) is 9.68. The van der Waals surface area contributed by atoms with Crippen molar-refractivity contribution in [2.75, 3.05) is 18.0 Å². The monoisotopic (exact) mass is 262 g/mol. The van der Waals surface area contributed by atoms with E-state index in [0.29, 0.717) is 18.8 Å². The van der Waals surface area contributed by atoms with Crippen LogP contribution in [0.3, 0.4) is 0 Å². The second-order valence-corrected chi connectivity index (χ2v) is 3.81. The molecule has 0 radical (unpaired) electrons. The summed E-state index contributed by atoms with van der Waals surface area (Å²) in [5.74, 6) is -0.646. The molecule has 0 aliphatic rings. The number of carbonyl (C=O) groups is 1. The van der Waals surface area contributed by atoms with E-state index in [0.717, 1.165) is 0 Å². The smallest absolute Gasteiger partial charge is 0.292 e. The van der Waals surface area contributed by atoms with E-state index in [-0.39, 0.29) is 17.7 Å². The van der Waals surface area contributed by atoms with Crippen LogP contribution < -0.4 is 10.6 Å². The molecule has 19 heavy (non-hydrogen) atoms. The third-order valence-electron chi connectivity index (χ3n) is 2.67. The highest BCUT2D eigenvalue weighted by atomic mass is 16.6. The number of primary amides is 1. The number of hydrogen-bond donors (Lipinski definition) is 1. The van der Waals surface area contributed by atoms with Crippen LogP contribution in [0, 0.1) is 21.4 Å². The van der Waals surface area contributed by atoms with Gasteiger partial charge in [0.2, 0.25) is 5.91 Å². The van der Waals surface area contributed by atoms with E-state index in [4.69, 9.17) is 11.0 Å². The molecule has 1 rings (SSSR count). The van der Waals surface area contributed by atoms with Crippen LogP contribution in [0.2, 0.25) is 0 Å². The van der Waals surface area contributed by atoms with Gasteiger partial charge in [-0.25, -0.2) is 0 Å². The number of hydrogen-bond acceptors (Lipinski definition) is 5. The average molecular weight is 262 g/mol. The molecule has 0 spiro atoms. The standard InChI is InChI=1S/C12H14N4O3/c1-2-15(7-3-6-13)11-8-9(12(14)17)4-5-10(11)16(18)19/h4-5,8H,2-3,7H2,1H3,(H2,14,17). The van der Waals surface area contributed by atoms with Gasteiger partial charge >= 0.3 is 0 Å². The number of carbonyl (C=O) groups excluding carboxylic acids is 1. The molecule has 0 aliphatic heterocycles. The molecule has 1 aromatic rings. The minimum atomic E-state index is -0.646. The van der Waals surface area contributed by atoms with Crippen molar-refractivity contribution < 1.29 is 9.72 Å². The molecule has 0 heterocycles. The van der Waals surface area contributed by atoms with Gasteiger partial charge in [-0.2, -0.15) is 5.26 Å². The summed E-state index contributed by atoms with van der Waals surface area (Å²) in [6.45, 7) is 2.67. The van der Waals surface area contributed by atoms with Crippen LogP contribution in [-0.4, -0.2) is 23.9 Å². The molecule has 0 unspecified atom stereocenters. The van der Waals surface area contributed by atoms with Crippen LogP contribution in [-0.2, 0) is 0 Å². The number of nitro benzene ring substituents is 1. The third kappa shape index (κ3) is 3.42. The lowest BCUT2D eigenvalue weighted by Gasteiger charge is -2.21. The molecule has 7 nitrogen and oxygen atoms in total. The van der Waals surface area contributed by atoms with Crippen LogP contribution in [0.4, 0.5) is 11.4 Å². The first-order valence-corrected chi connectivity index (χ1v) is 5.71. The van der Waals surface area contributed by atoms with Gasteiger partial charge in [0, 0.05) is 24.7 Å². The molecule has 1 aromatic carbocycles. The van der Waals surface area contributed by atoms with Crippen LogP contribution in [0.1, 0.15) is 23.7 Å². The topological polar surface area (TPSA) is 113 Å². The van der Waals surface area contributed by atoms with E-state index in [1.54, 1.807) is 4.90 Å². The molecule has 0 aliphatic carbocycles. The molecule has 0 bridgehead atoms. The zero-order valence-corrected chi connectivity index (χ0v) is 10.5. The fourth-order valence-electron chi connectivity index (χ4n) is 1.72. The zero-order chi connectivity index (χ0) is 14.4. The van der Waals surface area contributed by atoms with E-state index in [2.05, 4.69) is 0 Å². The van der Waals surface area contributed by atoms with Gasteiger partial charge in [0.15, 0.2) is 0 Å². The van der Waals surface area contributed by atoms with Crippen molar-refractivity contribution in [3.05, 3.63) is 33.9 Å².